The maximum atomic E-state index is 10.4. The number of hydrogen-bond acceptors (Lipinski definition) is 3. The summed E-state index contributed by atoms with van der Waals surface area (Å²) in [6.07, 6.45) is 0. The van der Waals surface area contributed by atoms with Gasteiger partial charge >= 0.3 is 154 Å². The smallest absolute Gasteiger partial charge is 0.747 e. The largest absolute Gasteiger partial charge is 1.00 e. The van der Waals surface area contributed by atoms with Crippen LogP contribution in [0.25, 0.3) is 0 Å². The third-order valence-electron chi connectivity index (χ3n) is 0.989. The summed E-state index contributed by atoms with van der Waals surface area (Å²) in [7, 11) is -4.54. The molecule has 0 aliphatic heterocycles. The third kappa shape index (κ3) is 10.1. The molecule has 1 aromatic carbocycles. The van der Waals surface area contributed by atoms with Gasteiger partial charge in [-0.15, -0.1) is 23.2 Å². The van der Waals surface area contributed by atoms with Crippen molar-refractivity contribution >= 4 is 33.3 Å². The Balaban J connectivity index is -0.000000480. The minimum atomic E-state index is -4.54. The summed E-state index contributed by atoms with van der Waals surface area (Å²) < 4.78 is 31.3. The fourth-order valence-corrected chi connectivity index (χ4v) is 1.63. The number of benzene rings is 1. The first kappa shape index (κ1) is 24.6. The monoisotopic (exact) mass is 340 g/mol. The average molecular weight is 341 g/mol. The van der Waals surface area contributed by atoms with E-state index in [0.717, 1.165) is 6.07 Å². The van der Waals surface area contributed by atoms with E-state index >= 15 is 0 Å². The second-order valence-corrected chi connectivity index (χ2v) is 4.01. The molecule has 0 heterocycles. The van der Waals surface area contributed by atoms with E-state index < -0.39 is 15.0 Å². The van der Waals surface area contributed by atoms with Crippen LogP contribution in [0.2, 0.25) is 10.0 Å². The van der Waals surface area contributed by atoms with E-state index in [-0.39, 0.29) is 164 Å². The molecular weight excluding hydrogens is 340 g/mol. The molecule has 0 aromatic heterocycles. The standard InChI is InChI=1S/C6H2Cl2O3S.3K/c7-4-1-5(8)3-6(2-4)12(9,10)11;;;/h2H,(H,9,10,11);;;/q-2;3*+1/p-1. The van der Waals surface area contributed by atoms with E-state index in [2.05, 4.69) is 12.1 Å². The van der Waals surface area contributed by atoms with Gasteiger partial charge in [0.15, 0.2) is 0 Å². The first-order valence-electron chi connectivity index (χ1n) is 2.66. The third-order valence-corrected chi connectivity index (χ3v) is 2.14. The van der Waals surface area contributed by atoms with Gasteiger partial charge in [-0.2, -0.15) is 9.92 Å². The van der Waals surface area contributed by atoms with E-state index in [4.69, 9.17) is 23.2 Å². The Labute approximate surface area is 226 Å². The van der Waals surface area contributed by atoms with Crippen LogP contribution in [0.4, 0.5) is 0 Å². The van der Waals surface area contributed by atoms with Crippen LogP contribution >= 0.6 is 23.2 Å². The Morgan fingerprint density at radius 2 is 1.60 bits per heavy atom. The predicted molar refractivity (Wildman–Crippen MR) is 42.1 cm³/mol. The van der Waals surface area contributed by atoms with E-state index in [1.54, 1.807) is 0 Å². The first-order valence-corrected chi connectivity index (χ1v) is 4.82. The molecule has 0 aliphatic carbocycles. The molecule has 0 bridgehead atoms. The molecule has 0 saturated carbocycles. The Bertz CT molecular complexity index is 390. The quantitative estimate of drug-likeness (QED) is 0.290. The molecule has 66 valence electrons. The summed E-state index contributed by atoms with van der Waals surface area (Å²) >= 11 is 10.8. The van der Waals surface area contributed by atoms with Crippen molar-refractivity contribution in [2.75, 3.05) is 0 Å². The molecule has 0 saturated heterocycles. The fraction of sp³-hybridized carbons (Fsp3) is 0. The molecule has 0 amide bonds. The SMILES string of the molecule is O=S(=O)([O-])c1[c-]c(Cl)[c-]c(Cl)c1.[K+].[K+].[K+]. The zero-order valence-corrected chi connectivity index (χ0v) is 20.2. The molecule has 3 nitrogen and oxygen atoms in total. The van der Waals surface area contributed by atoms with E-state index in [1.165, 1.54) is 0 Å². The van der Waals surface area contributed by atoms with Crippen LogP contribution in [-0.2, 0) is 10.1 Å². The average Bonchev–Trinajstić information content (AvgIpc) is 1.82. The van der Waals surface area contributed by atoms with Gasteiger partial charge in [0.05, 0.1) is 10.1 Å². The Morgan fingerprint density at radius 3 is 1.93 bits per heavy atom. The van der Waals surface area contributed by atoms with Crippen molar-refractivity contribution in [3.8, 4) is 0 Å². The van der Waals surface area contributed by atoms with Crippen molar-refractivity contribution in [1.29, 1.82) is 0 Å². The molecule has 0 N–H and O–H groups in total. The van der Waals surface area contributed by atoms with Gasteiger partial charge in [-0.3, -0.25) is 6.07 Å². The maximum absolute atomic E-state index is 10.4. The summed E-state index contributed by atoms with van der Waals surface area (Å²) in [6.45, 7) is 0. The van der Waals surface area contributed by atoms with Gasteiger partial charge in [0.1, 0.15) is 0 Å². The van der Waals surface area contributed by atoms with Crippen molar-refractivity contribution in [3.63, 3.8) is 0 Å². The minimum Gasteiger partial charge on any atom is -0.747 e. The topological polar surface area (TPSA) is 57.2 Å². The molecule has 1 aromatic rings. The summed E-state index contributed by atoms with van der Waals surface area (Å²) in [5, 5.41) is -0.162. The molecule has 0 radical (unpaired) electrons. The number of hydrogen-bond donors (Lipinski definition) is 0. The number of halogens is 2. The van der Waals surface area contributed by atoms with Crippen molar-refractivity contribution in [2.45, 2.75) is 4.90 Å². The second-order valence-electron chi connectivity index (χ2n) is 1.87. The van der Waals surface area contributed by atoms with Gasteiger partial charge in [0.25, 0.3) is 0 Å². The van der Waals surface area contributed by atoms with Crippen LogP contribution in [0, 0.1) is 12.1 Å². The Hall–Kier alpha value is 4.62. The van der Waals surface area contributed by atoms with Crippen molar-refractivity contribution in [3.05, 3.63) is 28.2 Å². The Kier molecular flexibility index (Phi) is 18.5. The van der Waals surface area contributed by atoms with Crippen LogP contribution < -0.4 is 154 Å². The first-order chi connectivity index (χ1) is 5.39. The van der Waals surface area contributed by atoms with E-state index in [1.807, 2.05) is 0 Å². The Morgan fingerprint density at radius 1 is 1.13 bits per heavy atom. The van der Waals surface area contributed by atoms with Crippen molar-refractivity contribution in [1.82, 2.24) is 0 Å². The van der Waals surface area contributed by atoms with Gasteiger partial charge in [-0.05, 0) is 0 Å². The second kappa shape index (κ2) is 11.3. The van der Waals surface area contributed by atoms with Crippen molar-refractivity contribution < 1.29 is 167 Å². The minimum absolute atomic E-state index is 0. The molecule has 0 aliphatic rings. The van der Waals surface area contributed by atoms with E-state index in [0.29, 0.717) is 0 Å². The predicted octanol–water partition coefficient (Wildman–Crippen LogP) is -7.49. The summed E-state index contributed by atoms with van der Waals surface area (Å²) in [5.74, 6) is 0. The van der Waals surface area contributed by atoms with Crippen LogP contribution in [0.1, 0.15) is 0 Å². The molecule has 0 unspecified atom stereocenters. The van der Waals surface area contributed by atoms with Gasteiger partial charge in [-0.1, -0.05) is 0 Å². The maximum Gasteiger partial charge on any atom is 1.00 e. The summed E-state index contributed by atoms with van der Waals surface area (Å²) in [5.41, 5.74) is 0. The van der Waals surface area contributed by atoms with Crippen molar-refractivity contribution in [2.24, 2.45) is 0 Å². The molecular formula is C6HCl2K3O3S. The molecule has 15 heavy (non-hydrogen) atoms. The molecule has 0 fully saturated rings. The summed E-state index contributed by atoms with van der Waals surface area (Å²) in [4.78, 5) is -0.573. The van der Waals surface area contributed by atoms with Crippen LogP contribution in [-0.4, -0.2) is 13.0 Å². The summed E-state index contributed by atoms with van der Waals surface area (Å²) in [6, 6.07) is 5.41. The number of rotatable bonds is 1. The van der Waals surface area contributed by atoms with Gasteiger partial charge in [0.2, 0.25) is 0 Å². The normalized spacial score (nSPS) is 9.27. The van der Waals surface area contributed by atoms with Gasteiger partial charge in [0, 0.05) is 0 Å². The zero-order valence-electron chi connectivity index (χ0n) is 8.47. The zero-order chi connectivity index (χ0) is 9.35. The van der Waals surface area contributed by atoms with Crippen LogP contribution in [0.15, 0.2) is 11.0 Å². The molecule has 0 atom stereocenters. The fourth-order valence-electron chi connectivity index (χ4n) is 0.566. The molecule has 9 heteroatoms. The van der Waals surface area contributed by atoms with Crippen LogP contribution in [0.3, 0.4) is 0 Å². The molecule has 0 spiro atoms. The van der Waals surface area contributed by atoms with Crippen LogP contribution in [0.5, 0.6) is 0 Å². The van der Waals surface area contributed by atoms with E-state index in [9.17, 15) is 13.0 Å². The van der Waals surface area contributed by atoms with Gasteiger partial charge < -0.3 is 16.7 Å². The molecule has 1 rings (SSSR count). The van der Waals surface area contributed by atoms with Gasteiger partial charge in [-0.25, -0.2) is 13.4 Å².